The van der Waals surface area contributed by atoms with Crippen LogP contribution in [0.2, 0.25) is 0 Å². The van der Waals surface area contributed by atoms with Crippen LogP contribution in [0.5, 0.6) is 5.75 Å². The number of nitrogens with zero attached hydrogens (tertiary/aromatic N) is 2. The van der Waals surface area contributed by atoms with Crippen LogP contribution in [0, 0.1) is 11.3 Å². The van der Waals surface area contributed by atoms with Crippen molar-refractivity contribution in [2.75, 3.05) is 7.11 Å². The van der Waals surface area contributed by atoms with Crippen molar-refractivity contribution in [3.05, 3.63) is 30.0 Å². The van der Waals surface area contributed by atoms with Crippen LogP contribution in [0.1, 0.15) is 18.4 Å². The van der Waals surface area contributed by atoms with E-state index >= 15 is 0 Å². The quantitative estimate of drug-likeness (QED) is 0.789. The molecule has 1 saturated carbocycles. The second-order valence-corrected chi connectivity index (χ2v) is 4.73. The third-order valence-corrected chi connectivity index (χ3v) is 3.68. The fourth-order valence-electron chi connectivity index (χ4n) is 2.45. The van der Waals surface area contributed by atoms with Gasteiger partial charge < -0.3 is 9.30 Å². The summed E-state index contributed by atoms with van der Waals surface area (Å²) in [5.41, 5.74) is 2.06. The minimum atomic E-state index is -0.244. The standard InChI is InChI=1S/C14H14N2O/c1-16-8-12(14(9-15)5-6-14)11-7-10(17-2)3-4-13(11)16/h3-4,7-8H,5-6H2,1-2H3. The van der Waals surface area contributed by atoms with Crippen LogP contribution >= 0.6 is 0 Å². The van der Waals surface area contributed by atoms with Crippen molar-refractivity contribution >= 4 is 10.9 Å². The van der Waals surface area contributed by atoms with E-state index < -0.39 is 0 Å². The third kappa shape index (κ3) is 1.34. The van der Waals surface area contributed by atoms with Gasteiger partial charge in [0.15, 0.2) is 0 Å². The number of benzene rings is 1. The number of ether oxygens (including phenoxy) is 1. The first-order valence-corrected chi connectivity index (χ1v) is 5.75. The molecule has 0 spiro atoms. The first-order valence-electron chi connectivity index (χ1n) is 5.75. The maximum atomic E-state index is 9.31. The predicted octanol–water partition coefficient (Wildman–Crippen LogP) is 2.74. The Balaban J connectivity index is 2.29. The van der Waals surface area contributed by atoms with E-state index in [1.54, 1.807) is 7.11 Å². The highest BCUT2D eigenvalue weighted by atomic mass is 16.5. The van der Waals surface area contributed by atoms with Crippen LogP contribution < -0.4 is 4.74 Å². The van der Waals surface area contributed by atoms with Gasteiger partial charge in [0.25, 0.3) is 0 Å². The molecule has 3 nitrogen and oxygen atoms in total. The second-order valence-electron chi connectivity index (χ2n) is 4.73. The smallest absolute Gasteiger partial charge is 0.119 e. The minimum Gasteiger partial charge on any atom is -0.497 e. The molecule has 1 aliphatic rings. The van der Waals surface area contributed by atoms with Gasteiger partial charge >= 0.3 is 0 Å². The van der Waals surface area contributed by atoms with Gasteiger partial charge in [-0.05, 0) is 36.6 Å². The lowest BCUT2D eigenvalue weighted by atomic mass is 9.97. The molecule has 3 rings (SSSR count). The second kappa shape index (κ2) is 3.27. The number of methoxy groups -OCH3 is 1. The third-order valence-electron chi connectivity index (χ3n) is 3.68. The molecule has 0 unspecified atom stereocenters. The zero-order valence-corrected chi connectivity index (χ0v) is 10.0. The molecular formula is C14H14N2O. The molecule has 1 aromatic heterocycles. The molecule has 0 N–H and O–H groups in total. The topological polar surface area (TPSA) is 37.9 Å². The zero-order valence-electron chi connectivity index (χ0n) is 10.0. The Bertz CT molecular complexity index is 629. The molecule has 86 valence electrons. The van der Waals surface area contributed by atoms with Crippen LogP contribution in [0.15, 0.2) is 24.4 Å². The molecule has 2 aromatic rings. The van der Waals surface area contributed by atoms with E-state index in [4.69, 9.17) is 4.74 Å². The average Bonchev–Trinajstić information content (AvgIpc) is 3.09. The van der Waals surface area contributed by atoms with Crippen molar-refractivity contribution in [3.8, 4) is 11.8 Å². The summed E-state index contributed by atoms with van der Waals surface area (Å²) in [5, 5.41) is 10.5. The van der Waals surface area contributed by atoms with Crippen LogP contribution in [-0.2, 0) is 12.5 Å². The summed E-state index contributed by atoms with van der Waals surface area (Å²) in [5.74, 6) is 0.846. The molecule has 1 aromatic carbocycles. The van der Waals surface area contributed by atoms with E-state index in [0.717, 1.165) is 35.1 Å². The normalized spacial score (nSPS) is 16.8. The largest absolute Gasteiger partial charge is 0.497 e. The molecule has 1 fully saturated rings. The van der Waals surface area contributed by atoms with E-state index in [9.17, 15) is 5.26 Å². The summed E-state index contributed by atoms with van der Waals surface area (Å²) in [7, 11) is 3.69. The molecule has 0 amide bonds. The Labute approximate surface area is 100 Å². The minimum absolute atomic E-state index is 0.244. The molecule has 17 heavy (non-hydrogen) atoms. The molecule has 0 radical (unpaired) electrons. The SMILES string of the molecule is COc1ccc2c(c1)c(C1(C#N)CC1)cn2C. The van der Waals surface area contributed by atoms with E-state index in [2.05, 4.69) is 16.8 Å². The summed E-state index contributed by atoms with van der Waals surface area (Å²) in [6, 6.07) is 8.49. The molecule has 1 aliphatic carbocycles. The van der Waals surface area contributed by atoms with Gasteiger partial charge in [0.05, 0.1) is 18.6 Å². The van der Waals surface area contributed by atoms with E-state index in [1.165, 1.54) is 0 Å². The highest BCUT2D eigenvalue weighted by Crippen LogP contribution is 2.50. The molecule has 0 atom stereocenters. The number of aryl methyl sites for hydroxylation is 1. The van der Waals surface area contributed by atoms with Crippen LogP contribution in [0.3, 0.4) is 0 Å². The van der Waals surface area contributed by atoms with Crippen molar-refractivity contribution < 1.29 is 4.74 Å². The first kappa shape index (κ1) is 10.2. The van der Waals surface area contributed by atoms with E-state index in [-0.39, 0.29) is 5.41 Å². The van der Waals surface area contributed by atoms with Gasteiger partial charge in [0.1, 0.15) is 5.75 Å². The number of hydrogen-bond donors (Lipinski definition) is 0. The lowest BCUT2D eigenvalue weighted by Crippen LogP contribution is -2.01. The van der Waals surface area contributed by atoms with Crippen LogP contribution in [0.4, 0.5) is 0 Å². The fourth-order valence-corrected chi connectivity index (χ4v) is 2.45. The molecule has 0 aliphatic heterocycles. The highest BCUT2D eigenvalue weighted by molar-refractivity contribution is 5.87. The van der Waals surface area contributed by atoms with Crippen molar-refractivity contribution in [2.24, 2.45) is 7.05 Å². The molecule has 3 heteroatoms. The van der Waals surface area contributed by atoms with Crippen molar-refractivity contribution in [1.29, 1.82) is 5.26 Å². The van der Waals surface area contributed by atoms with Crippen LogP contribution in [0.25, 0.3) is 10.9 Å². The molecule has 0 bridgehead atoms. The van der Waals surface area contributed by atoms with E-state index in [0.29, 0.717) is 0 Å². The van der Waals surface area contributed by atoms with Gasteiger partial charge in [0.2, 0.25) is 0 Å². The number of fused-ring (bicyclic) bond motifs is 1. The lowest BCUT2D eigenvalue weighted by molar-refractivity contribution is 0.415. The Morgan fingerprint density at radius 1 is 1.41 bits per heavy atom. The van der Waals surface area contributed by atoms with E-state index in [1.807, 2.05) is 25.2 Å². The fraction of sp³-hybridized carbons (Fsp3) is 0.357. The van der Waals surface area contributed by atoms with Gasteiger partial charge in [-0.2, -0.15) is 5.26 Å². The zero-order chi connectivity index (χ0) is 12.0. The van der Waals surface area contributed by atoms with Gasteiger partial charge in [-0.3, -0.25) is 0 Å². The number of rotatable bonds is 2. The van der Waals surface area contributed by atoms with Gasteiger partial charge in [-0.1, -0.05) is 0 Å². The highest BCUT2D eigenvalue weighted by Gasteiger charge is 2.46. The molecule has 0 saturated heterocycles. The molecule has 1 heterocycles. The van der Waals surface area contributed by atoms with Crippen molar-refractivity contribution in [2.45, 2.75) is 18.3 Å². The van der Waals surface area contributed by atoms with Crippen molar-refractivity contribution in [3.63, 3.8) is 0 Å². The monoisotopic (exact) mass is 226 g/mol. The Hall–Kier alpha value is -1.95. The first-order chi connectivity index (χ1) is 8.20. The van der Waals surface area contributed by atoms with Crippen molar-refractivity contribution in [1.82, 2.24) is 4.57 Å². The maximum Gasteiger partial charge on any atom is 0.119 e. The summed E-state index contributed by atoms with van der Waals surface area (Å²) >= 11 is 0. The number of aromatic nitrogens is 1. The summed E-state index contributed by atoms with van der Waals surface area (Å²) in [4.78, 5) is 0. The van der Waals surface area contributed by atoms with Crippen LogP contribution in [-0.4, -0.2) is 11.7 Å². The van der Waals surface area contributed by atoms with Gasteiger partial charge in [-0.15, -0.1) is 0 Å². The predicted molar refractivity (Wildman–Crippen MR) is 66.0 cm³/mol. The van der Waals surface area contributed by atoms with Gasteiger partial charge in [0, 0.05) is 24.1 Å². The maximum absolute atomic E-state index is 9.31. The van der Waals surface area contributed by atoms with Gasteiger partial charge in [-0.25, -0.2) is 0 Å². The summed E-state index contributed by atoms with van der Waals surface area (Å²) in [6.45, 7) is 0. The summed E-state index contributed by atoms with van der Waals surface area (Å²) < 4.78 is 7.35. The Morgan fingerprint density at radius 3 is 2.76 bits per heavy atom. The molecular weight excluding hydrogens is 212 g/mol. The Morgan fingerprint density at radius 2 is 2.18 bits per heavy atom. The number of nitriles is 1. The Kier molecular flexibility index (Phi) is 1.97. The number of hydrogen-bond acceptors (Lipinski definition) is 2. The lowest BCUT2D eigenvalue weighted by Gasteiger charge is -2.04. The summed E-state index contributed by atoms with van der Waals surface area (Å²) in [6.07, 6.45) is 4.03. The average molecular weight is 226 g/mol.